The third-order valence-electron chi connectivity index (χ3n) is 3.30. The standard InChI is InChI=1S/C14H19N3OS/c1-9(2)17(8-10-3-4-10)14(18)12-6-5-11(7-16-12)13(15)19/h5-7,9-10H,3-4,8H2,1-2H3,(H2,15,19). The predicted molar refractivity (Wildman–Crippen MR) is 79.0 cm³/mol. The topological polar surface area (TPSA) is 59.2 Å². The minimum absolute atomic E-state index is 0.0172. The summed E-state index contributed by atoms with van der Waals surface area (Å²) in [5, 5.41) is 0. The average Bonchev–Trinajstić information content (AvgIpc) is 3.19. The van der Waals surface area contributed by atoms with Crippen LogP contribution in [0.25, 0.3) is 0 Å². The maximum Gasteiger partial charge on any atom is 0.272 e. The smallest absolute Gasteiger partial charge is 0.272 e. The molecule has 0 radical (unpaired) electrons. The molecule has 0 atom stereocenters. The van der Waals surface area contributed by atoms with Crippen molar-refractivity contribution in [1.82, 2.24) is 9.88 Å². The maximum absolute atomic E-state index is 12.4. The fourth-order valence-electron chi connectivity index (χ4n) is 1.92. The van der Waals surface area contributed by atoms with Crippen molar-refractivity contribution in [2.75, 3.05) is 6.54 Å². The zero-order valence-electron chi connectivity index (χ0n) is 11.3. The van der Waals surface area contributed by atoms with Crippen LogP contribution < -0.4 is 5.73 Å². The number of amides is 1. The summed E-state index contributed by atoms with van der Waals surface area (Å²) in [6, 6.07) is 3.63. The highest BCUT2D eigenvalue weighted by Gasteiger charge is 2.29. The van der Waals surface area contributed by atoms with E-state index in [9.17, 15) is 4.79 Å². The largest absolute Gasteiger partial charge is 0.389 e. The van der Waals surface area contributed by atoms with E-state index in [2.05, 4.69) is 4.98 Å². The maximum atomic E-state index is 12.4. The SMILES string of the molecule is CC(C)N(CC1CC1)C(=O)c1ccc(C(N)=S)cn1. The Morgan fingerprint density at radius 3 is 2.63 bits per heavy atom. The van der Waals surface area contributed by atoms with Gasteiger partial charge in [-0.1, -0.05) is 12.2 Å². The van der Waals surface area contributed by atoms with Crippen molar-refractivity contribution in [1.29, 1.82) is 0 Å². The molecule has 1 heterocycles. The van der Waals surface area contributed by atoms with Crippen LogP contribution in [0.4, 0.5) is 0 Å². The normalized spacial score (nSPS) is 14.5. The van der Waals surface area contributed by atoms with E-state index < -0.39 is 0 Å². The van der Waals surface area contributed by atoms with Crippen molar-refractivity contribution in [3.05, 3.63) is 29.6 Å². The monoisotopic (exact) mass is 277 g/mol. The number of rotatable bonds is 5. The summed E-state index contributed by atoms with van der Waals surface area (Å²) in [4.78, 5) is 18.8. The molecule has 0 unspecified atom stereocenters. The Labute approximate surface area is 119 Å². The van der Waals surface area contributed by atoms with E-state index in [-0.39, 0.29) is 11.9 Å². The van der Waals surface area contributed by atoms with Crippen LogP contribution in [-0.4, -0.2) is 33.4 Å². The summed E-state index contributed by atoms with van der Waals surface area (Å²) < 4.78 is 0. The molecule has 1 amide bonds. The van der Waals surface area contributed by atoms with Gasteiger partial charge in [-0.3, -0.25) is 9.78 Å². The molecule has 102 valence electrons. The van der Waals surface area contributed by atoms with Crippen molar-refractivity contribution in [3.8, 4) is 0 Å². The summed E-state index contributed by atoms with van der Waals surface area (Å²) in [5.41, 5.74) is 6.66. The molecule has 1 fully saturated rings. The van der Waals surface area contributed by atoms with Crippen LogP contribution in [0.1, 0.15) is 42.7 Å². The number of nitrogens with two attached hydrogens (primary N) is 1. The Balaban J connectivity index is 2.13. The Morgan fingerprint density at radius 2 is 2.21 bits per heavy atom. The van der Waals surface area contributed by atoms with Crippen molar-refractivity contribution in [3.63, 3.8) is 0 Å². The molecule has 2 rings (SSSR count). The van der Waals surface area contributed by atoms with Gasteiger partial charge >= 0.3 is 0 Å². The first-order valence-corrected chi connectivity index (χ1v) is 6.96. The lowest BCUT2D eigenvalue weighted by Crippen LogP contribution is -2.39. The minimum atomic E-state index is -0.0172. The molecule has 5 heteroatoms. The van der Waals surface area contributed by atoms with E-state index in [0.717, 1.165) is 6.54 Å². The van der Waals surface area contributed by atoms with Crippen molar-refractivity contribution < 1.29 is 4.79 Å². The molecule has 2 N–H and O–H groups in total. The number of carbonyl (C=O) groups excluding carboxylic acids is 1. The first-order chi connectivity index (χ1) is 8.99. The fourth-order valence-corrected chi connectivity index (χ4v) is 2.04. The second kappa shape index (κ2) is 5.65. The van der Waals surface area contributed by atoms with Gasteiger partial charge < -0.3 is 10.6 Å². The Kier molecular flexibility index (Phi) is 4.14. The van der Waals surface area contributed by atoms with Gasteiger partial charge in [-0.15, -0.1) is 0 Å². The van der Waals surface area contributed by atoms with E-state index in [0.29, 0.717) is 22.2 Å². The van der Waals surface area contributed by atoms with Gasteiger partial charge in [0.1, 0.15) is 10.7 Å². The van der Waals surface area contributed by atoms with Crippen LogP contribution in [0.2, 0.25) is 0 Å². The zero-order chi connectivity index (χ0) is 14.0. The lowest BCUT2D eigenvalue weighted by atomic mass is 10.2. The first-order valence-electron chi connectivity index (χ1n) is 6.56. The summed E-state index contributed by atoms with van der Waals surface area (Å²) >= 11 is 4.87. The van der Waals surface area contributed by atoms with Gasteiger partial charge in [-0.05, 0) is 44.7 Å². The molecular formula is C14H19N3OS. The molecule has 19 heavy (non-hydrogen) atoms. The van der Waals surface area contributed by atoms with Gasteiger partial charge in [0, 0.05) is 24.3 Å². The molecular weight excluding hydrogens is 258 g/mol. The van der Waals surface area contributed by atoms with Gasteiger partial charge in [0.15, 0.2) is 0 Å². The van der Waals surface area contributed by atoms with Crippen LogP contribution in [0.15, 0.2) is 18.3 Å². The number of hydrogen-bond acceptors (Lipinski definition) is 3. The minimum Gasteiger partial charge on any atom is -0.389 e. The lowest BCUT2D eigenvalue weighted by molar-refractivity contribution is 0.0690. The molecule has 1 aromatic rings. The third kappa shape index (κ3) is 3.50. The number of pyridine rings is 1. The molecule has 1 aliphatic rings. The van der Waals surface area contributed by atoms with Crippen molar-refractivity contribution in [2.24, 2.45) is 11.7 Å². The summed E-state index contributed by atoms with van der Waals surface area (Å²) in [6.45, 7) is 4.89. The summed E-state index contributed by atoms with van der Waals surface area (Å²) in [5.74, 6) is 0.652. The van der Waals surface area contributed by atoms with E-state index in [4.69, 9.17) is 18.0 Å². The number of nitrogens with zero attached hydrogens (tertiary/aromatic N) is 2. The summed E-state index contributed by atoms with van der Waals surface area (Å²) in [6.07, 6.45) is 4.01. The molecule has 4 nitrogen and oxygen atoms in total. The number of aromatic nitrogens is 1. The van der Waals surface area contributed by atoms with E-state index in [1.807, 2.05) is 18.7 Å². The highest BCUT2D eigenvalue weighted by molar-refractivity contribution is 7.80. The van der Waals surface area contributed by atoms with Gasteiger partial charge in [0.2, 0.25) is 0 Å². The molecule has 1 aromatic heterocycles. The highest BCUT2D eigenvalue weighted by Crippen LogP contribution is 2.30. The number of thiocarbonyl (C=S) groups is 1. The molecule has 1 saturated carbocycles. The predicted octanol–water partition coefficient (Wildman–Crippen LogP) is 1.98. The number of carbonyl (C=O) groups is 1. The van der Waals surface area contributed by atoms with E-state index in [1.54, 1.807) is 18.3 Å². The Bertz CT molecular complexity index is 480. The average molecular weight is 277 g/mol. The van der Waals surface area contributed by atoms with Crippen molar-refractivity contribution >= 4 is 23.1 Å². The fraction of sp³-hybridized carbons (Fsp3) is 0.500. The van der Waals surface area contributed by atoms with Crippen molar-refractivity contribution in [2.45, 2.75) is 32.7 Å². The third-order valence-corrected chi connectivity index (χ3v) is 3.54. The van der Waals surface area contributed by atoms with E-state index >= 15 is 0 Å². The second-order valence-corrected chi connectivity index (χ2v) is 5.73. The first kappa shape index (κ1) is 13.9. The van der Waals surface area contributed by atoms with Gasteiger partial charge in [-0.25, -0.2) is 0 Å². The molecule has 0 aromatic carbocycles. The molecule has 0 aliphatic heterocycles. The highest BCUT2D eigenvalue weighted by atomic mass is 32.1. The van der Waals surface area contributed by atoms with Gasteiger partial charge in [0.05, 0.1) is 0 Å². The van der Waals surface area contributed by atoms with Gasteiger partial charge in [0.25, 0.3) is 5.91 Å². The number of hydrogen-bond donors (Lipinski definition) is 1. The molecule has 0 spiro atoms. The Morgan fingerprint density at radius 1 is 1.53 bits per heavy atom. The molecule has 0 saturated heterocycles. The van der Waals surface area contributed by atoms with Crippen LogP contribution in [0, 0.1) is 5.92 Å². The summed E-state index contributed by atoms with van der Waals surface area (Å²) in [7, 11) is 0. The van der Waals surface area contributed by atoms with Gasteiger partial charge in [-0.2, -0.15) is 0 Å². The second-order valence-electron chi connectivity index (χ2n) is 5.29. The Hall–Kier alpha value is -1.49. The van der Waals surface area contributed by atoms with E-state index in [1.165, 1.54) is 12.8 Å². The van der Waals surface area contributed by atoms with Crippen LogP contribution in [0.3, 0.4) is 0 Å². The van der Waals surface area contributed by atoms with Crippen LogP contribution in [0.5, 0.6) is 0 Å². The zero-order valence-corrected chi connectivity index (χ0v) is 12.1. The quantitative estimate of drug-likeness (QED) is 0.836. The molecule has 1 aliphatic carbocycles. The molecule has 0 bridgehead atoms. The lowest BCUT2D eigenvalue weighted by Gasteiger charge is -2.26. The van der Waals surface area contributed by atoms with Crippen LogP contribution >= 0.6 is 12.2 Å². The van der Waals surface area contributed by atoms with Crippen LogP contribution in [-0.2, 0) is 0 Å².